The first-order valence-corrected chi connectivity index (χ1v) is 7.35. The van der Waals surface area contributed by atoms with Crippen LogP contribution in [0.1, 0.15) is 10.5 Å². The van der Waals surface area contributed by atoms with Gasteiger partial charge in [0.2, 0.25) is 10.0 Å². The first-order valence-electron chi connectivity index (χ1n) is 5.87. The molecule has 1 rings (SSSR count). The van der Waals surface area contributed by atoms with Gasteiger partial charge in [-0.2, -0.15) is 0 Å². The zero-order valence-corrected chi connectivity index (χ0v) is 12.4. The van der Waals surface area contributed by atoms with Gasteiger partial charge < -0.3 is 19.7 Å². The Balaban J connectivity index is 2.80. The molecule has 0 saturated carbocycles. The third-order valence-corrected chi connectivity index (χ3v) is 4.03. The van der Waals surface area contributed by atoms with Gasteiger partial charge in [-0.15, -0.1) is 0 Å². The Labute approximate surface area is 117 Å². The number of nitrogens with one attached hydrogen (secondary N) is 2. The number of nitrogens with zero attached hydrogens (tertiary/aromatic N) is 1. The SMILES string of the molecule is CNS(=O)(=O)c1cc(C(=O)NCC(O)COC)n(C)c1. The molecule has 0 aromatic carbocycles. The van der Waals surface area contributed by atoms with Crippen LogP contribution in [0.2, 0.25) is 0 Å². The lowest BCUT2D eigenvalue weighted by atomic mass is 10.3. The summed E-state index contributed by atoms with van der Waals surface area (Å²) in [6.45, 7) is 0.124. The van der Waals surface area contributed by atoms with Crippen molar-refractivity contribution in [3.8, 4) is 0 Å². The number of hydrogen-bond donors (Lipinski definition) is 3. The minimum Gasteiger partial charge on any atom is -0.389 e. The molecule has 1 heterocycles. The van der Waals surface area contributed by atoms with Gasteiger partial charge in [-0.25, -0.2) is 13.1 Å². The summed E-state index contributed by atoms with van der Waals surface area (Å²) in [5, 5.41) is 11.9. The first kappa shape index (κ1) is 16.6. The summed E-state index contributed by atoms with van der Waals surface area (Å²) in [6, 6.07) is 1.27. The van der Waals surface area contributed by atoms with E-state index in [9.17, 15) is 18.3 Å². The van der Waals surface area contributed by atoms with Crippen molar-refractivity contribution in [2.75, 3.05) is 27.3 Å². The zero-order valence-electron chi connectivity index (χ0n) is 11.6. The van der Waals surface area contributed by atoms with E-state index >= 15 is 0 Å². The Morgan fingerprint density at radius 2 is 2.20 bits per heavy atom. The predicted molar refractivity (Wildman–Crippen MR) is 71.9 cm³/mol. The van der Waals surface area contributed by atoms with Gasteiger partial charge >= 0.3 is 0 Å². The fourth-order valence-electron chi connectivity index (χ4n) is 1.58. The van der Waals surface area contributed by atoms with Crippen LogP contribution in [0.15, 0.2) is 17.2 Å². The van der Waals surface area contributed by atoms with E-state index in [1.165, 1.54) is 31.0 Å². The molecule has 3 N–H and O–H groups in total. The van der Waals surface area contributed by atoms with Gasteiger partial charge in [0.1, 0.15) is 10.6 Å². The van der Waals surface area contributed by atoms with E-state index in [0.29, 0.717) is 0 Å². The Bertz CT molecular complexity index is 567. The monoisotopic (exact) mass is 305 g/mol. The van der Waals surface area contributed by atoms with Crippen LogP contribution < -0.4 is 10.0 Å². The highest BCUT2D eigenvalue weighted by atomic mass is 32.2. The number of hydrogen-bond acceptors (Lipinski definition) is 5. The third kappa shape index (κ3) is 4.04. The van der Waals surface area contributed by atoms with Crippen LogP contribution in [0.4, 0.5) is 0 Å². The Kier molecular flexibility index (Phi) is 5.69. The molecule has 1 amide bonds. The fourth-order valence-corrected chi connectivity index (χ4v) is 2.38. The molecule has 8 nitrogen and oxygen atoms in total. The maximum atomic E-state index is 11.9. The third-order valence-electron chi connectivity index (χ3n) is 2.65. The number of amides is 1. The van der Waals surface area contributed by atoms with Gasteiger partial charge in [-0.1, -0.05) is 0 Å². The van der Waals surface area contributed by atoms with Crippen molar-refractivity contribution >= 4 is 15.9 Å². The van der Waals surface area contributed by atoms with Crippen molar-refractivity contribution in [1.82, 2.24) is 14.6 Å². The molecule has 20 heavy (non-hydrogen) atoms. The van der Waals surface area contributed by atoms with Crippen LogP contribution in [0.25, 0.3) is 0 Å². The molecule has 0 aliphatic heterocycles. The minimum atomic E-state index is -3.59. The van der Waals surface area contributed by atoms with Crippen molar-refractivity contribution in [3.63, 3.8) is 0 Å². The number of methoxy groups -OCH3 is 1. The smallest absolute Gasteiger partial charge is 0.268 e. The number of ether oxygens (including phenoxy) is 1. The standard InChI is InChI=1S/C11H19N3O5S/c1-12-20(17,18)9-4-10(14(2)6-9)11(16)13-5-8(15)7-19-3/h4,6,8,12,15H,5,7H2,1-3H3,(H,13,16). The molecule has 0 spiro atoms. The summed E-state index contributed by atoms with van der Waals surface area (Å²) < 4.78 is 31.6. The lowest BCUT2D eigenvalue weighted by Crippen LogP contribution is -2.35. The Morgan fingerprint density at radius 3 is 2.75 bits per heavy atom. The number of aryl methyl sites for hydroxylation is 1. The molecule has 0 saturated heterocycles. The highest BCUT2D eigenvalue weighted by molar-refractivity contribution is 7.89. The molecule has 0 aliphatic rings. The average molecular weight is 305 g/mol. The van der Waals surface area contributed by atoms with E-state index < -0.39 is 22.0 Å². The van der Waals surface area contributed by atoms with Crippen LogP contribution >= 0.6 is 0 Å². The fraction of sp³-hybridized carbons (Fsp3) is 0.545. The molecular formula is C11H19N3O5S. The van der Waals surface area contributed by atoms with Gasteiger partial charge in [-0.05, 0) is 13.1 Å². The van der Waals surface area contributed by atoms with E-state index in [1.807, 2.05) is 0 Å². The van der Waals surface area contributed by atoms with E-state index in [4.69, 9.17) is 4.74 Å². The molecule has 0 fully saturated rings. The molecule has 0 aliphatic carbocycles. The molecule has 1 aromatic heterocycles. The first-order chi connectivity index (χ1) is 9.31. The number of sulfonamides is 1. The largest absolute Gasteiger partial charge is 0.389 e. The molecule has 1 aromatic rings. The van der Waals surface area contributed by atoms with E-state index in [2.05, 4.69) is 10.0 Å². The van der Waals surface area contributed by atoms with E-state index in [1.54, 1.807) is 7.05 Å². The molecular weight excluding hydrogens is 286 g/mol. The summed E-state index contributed by atoms with van der Waals surface area (Å²) in [5.74, 6) is -0.472. The van der Waals surface area contributed by atoms with Crippen molar-refractivity contribution in [1.29, 1.82) is 0 Å². The normalized spacial score (nSPS) is 13.2. The molecule has 1 atom stereocenters. The molecule has 0 bridgehead atoms. The van der Waals surface area contributed by atoms with Gasteiger partial charge in [0.15, 0.2) is 0 Å². The summed E-state index contributed by atoms with van der Waals surface area (Å²) in [6.07, 6.45) is 0.525. The predicted octanol–water partition coefficient (Wildman–Crippen LogP) is -1.33. The van der Waals surface area contributed by atoms with Crippen molar-refractivity contribution in [2.24, 2.45) is 7.05 Å². The van der Waals surface area contributed by atoms with Crippen molar-refractivity contribution < 1.29 is 23.1 Å². The lowest BCUT2D eigenvalue weighted by molar-refractivity contribution is 0.0608. The number of carbonyl (C=O) groups excluding carboxylic acids is 1. The van der Waals surface area contributed by atoms with Crippen LogP contribution in [-0.2, 0) is 21.8 Å². The van der Waals surface area contributed by atoms with Gasteiger partial charge in [0, 0.05) is 26.9 Å². The minimum absolute atomic E-state index is 0.00471. The number of carbonyl (C=O) groups is 1. The van der Waals surface area contributed by atoms with Crippen LogP contribution in [0.3, 0.4) is 0 Å². The summed E-state index contributed by atoms with van der Waals surface area (Å²) in [4.78, 5) is 11.9. The number of aliphatic hydroxyl groups is 1. The number of rotatable bonds is 7. The zero-order chi connectivity index (χ0) is 15.3. The van der Waals surface area contributed by atoms with Crippen LogP contribution in [-0.4, -0.2) is 57.4 Å². The molecule has 114 valence electrons. The van der Waals surface area contributed by atoms with Gasteiger partial charge in [0.25, 0.3) is 5.91 Å². The van der Waals surface area contributed by atoms with Crippen LogP contribution in [0, 0.1) is 0 Å². The van der Waals surface area contributed by atoms with Crippen molar-refractivity contribution in [3.05, 3.63) is 18.0 Å². The summed E-state index contributed by atoms with van der Waals surface area (Å²) in [5.41, 5.74) is 0.184. The maximum absolute atomic E-state index is 11.9. The molecule has 0 radical (unpaired) electrons. The summed E-state index contributed by atoms with van der Waals surface area (Å²) in [7, 11) is 0.708. The van der Waals surface area contributed by atoms with Gasteiger partial charge in [-0.3, -0.25) is 4.79 Å². The van der Waals surface area contributed by atoms with E-state index in [0.717, 1.165) is 0 Å². The number of aromatic nitrogens is 1. The maximum Gasteiger partial charge on any atom is 0.268 e. The quantitative estimate of drug-likeness (QED) is 0.578. The second kappa shape index (κ2) is 6.84. The second-order valence-corrected chi connectivity index (χ2v) is 6.09. The topological polar surface area (TPSA) is 110 Å². The average Bonchev–Trinajstić information content (AvgIpc) is 2.79. The van der Waals surface area contributed by atoms with E-state index in [-0.39, 0.29) is 23.7 Å². The Hall–Kier alpha value is -1.42. The van der Waals surface area contributed by atoms with Crippen LogP contribution in [0.5, 0.6) is 0 Å². The second-order valence-electron chi connectivity index (χ2n) is 4.20. The summed E-state index contributed by atoms with van der Waals surface area (Å²) >= 11 is 0. The van der Waals surface area contributed by atoms with Crippen molar-refractivity contribution in [2.45, 2.75) is 11.0 Å². The number of aliphatic hydroxyl groups excluding tert-OH is 1. The molecule has 9 heteroatoms. The molecule has 1 unspecified atom stereocenters. The highest BCUT2D eigenvalue weighted by Crippen LogP contribution is 2.12. The lowest BCUT2D eigenvalue weighted by Gasteiger charge is -2.10. The Morgan fingerprint density at radius 1 is 1.55 bits per heavy atom. The van der Waals surface area contributed by atoms with Gasteiger partial charge in [0.05, 0.1) is 12.7 Å². The highest BCUT2D eigenvalue weighted by Gasteiger charge is 2.19.